The first kappa shape index (κ1) is 12.3. The van der Waals surface area contributed by atoms with Gasteiger partial charge in [-0.15, -0.1) is 0 Å². The number of aryl methyl sites for hydroxylation is 1. The van der Waals surface area contributed by atoms with Crippen LogP contribution in [0.1, 0.15) is 10.5 Å². The van der Waals surface area contributed by atoms with Crippen molar-refractivity contribution in [2.45, 2.75) is 0 Å². The first-order valence-electron chi connectivity index (χ1n) is 5.50. The van der Waals surface area contributed by atoms with Gasteiger partial charge in [0.2, 0.25) is 0 Å². The van der Waals surface area contributed by atoms with Crippen LogP contribution in [0, 0.1) is 5.82 Å². The van der Waals surface area contributed by atoms with Crippen LogP contribution in [0.3, 0.4) is 0 Å². The monoisotopic (exact) mass is 247 g/mol. The summed E-state index contributed by atoms with van der Waals surface area (Å²) in [7, 11) is 5.09. The molecule has 2 rings (SSSR count). The van der Waals surface area contributed by atoms with Crippen molar-refractivity contribution in [1.82, 2.24) is 14.7 Å². The summed E-state index contributed by atoms with van der Waals surface area (Å²) < 4.78 is 14.4. The van der Waals surface area contributed by atoms with E-state index in [-0.39, 0.29) is 11.7 Å². The van der Waals surface area contributed by atoms with Crippen molar-refractivity contribution in [3.8, 4) is 11.3 Å². The Kier molecular flexibility index (Phi) is 3.14. The first-order chi connectivity index (χ1) is 8.49. The van der Waals surface area contributed by atoms with Crippen LogP contribution >= 0.6 is 0 Å². The largest absolute Gasteiger partial charge is 0.343 e. The second-order valence-corrected chi connectivity index (χ2v) is 4.24. The summed E-state index contributed by atoms with van der Waals surface area (Å²) in [5.74, 6) is -0.405. The van der Waals surface area contributed by atoms with Gasteiger partial charge in [0.05, 0.1) is 5.69 Å². The van der Waals surface area contributed by atoms with Crippen LogP contribution in [0.5, 0.6) is 0 Å². The maximum atomic E-state index is 12.8. The van der Waals surface area contributed by atoms with Gasteiger partial charge in [-0.2, -0.15) is 5.10 Å². The van der Waals surface area contributed by atoms with Crippen molar-refractivity contribution >= 4 is 5.91 Å². The molecular formula is C13H14FN3O. The van der Waals surface area contributed by atoms with Gasteiger partial charge in [-0.25, -0.2) is 4.39 Å². The topological polar surface area (TPSA) is 38.1 Å². The third-order valence-electron chi connectivity index (χ3n) is 2.65. The van der Waals surface area contributed by atoms with Gasteiger partial charge in [0.1, 0.15) is 11.5 Å². The molecule has 1 aromatic carbocycles. The van der Waals surface area contributed by atoms with Crippen molar-refractivity contribution in [1.29, 1.82) is 0 Å². The van der Waals surface area contributed by atoms with E-state index >= 15 is 0 Å². The second kappa shape index (κ2) is 4.60. The number of rotatable bonds is 2. The zero-order valence-electron chi connectivity index (χ0n) is 10.5. The van der Waals surface area contributed by atoms with E-state index in [2.05, 4.69) is 5.10 Å². The van der Waals surface area contributed by atoms with Crippen molar-refractivity contribution in [2.24, 2.45) is 7.05 Å². The van der Waals surface area contributed by atoms with Crippen LogP contribution in [0.15, 0.2) is 30.3 Å². The number of amides is 1. The molecule has 0 unspecified atom stereocenters. The summed E-state index contributed by atoms with van der Waals surface area (Å²) >= 11 is 0. The van der Waals surface area contributed by atoms with Gasteiger partial charge in [-0.05, 0) is 30.3 Å². The number of aromatic nitrogens is 2. The summed E-state index contributed by atoms with van der Waals surface area (Å²) in [4.78, 5) is 13.4. The summed E-state index contributed by atoms with van der Waals surface area (Å²) in [5.41, 5.74) is 1.94. The van der Waals surface area contributed by atoms with Gasteiger partial charge < -0.3 is 4.90 Å². The fourth-order valence-electron chi connectivity index (χ4n) is 1.66. The standard InChI is InChI=1S/C13H14FN3O/c1-16(2)13(18)12-8-11(15-17(12)3)9-4-6-10(14)7-5-9/h4-8H,1-3H3. The molecular weight excluding hydrogens is 233 g/mol. The minimum Gasteiger partial charge on any atom is -0.343 e. The highest BCUT2D eigenvalue weighted by atomic mass is 19.1. The van der Waals surface area contributed by atoms with Crippen LogP contribution in [0.2, 0.25) is 0 Å². The Morgan fingerprint density at radius 1 is 1.28 bits per heavy atom. The smallest absolute Gasteiger partial charge is 0.271 e. The lowest BCUT2D eigenvalue weighted by molar-refractivity contribution is 0.0817. The molecule has 0 radical (unpaired) electrons. The Morgan fingerprint density at radius 3 is 2.44 bits per heavy atom. The molecule has 0 aliphatic carbocycles. The Bertz CT molecular complexity index is 572. The van der Waals surface area contributed by atoms with Crippen molar-refractivity contribution in [3.05, 3.63) is 41.8 Å². The average molecular weight is 247 g/mol. The SMILES string of the molecule is CN(C)C(=O)c1cc(-c2ccc(F)cc2)nn1C. The van der Waals surface area contributed by atoms with Crippen LogP contribution in [0.25, 0.3) is 11.3 Å². The molecule has 0 atom stereocenters. The number of halogens is 1. The second-order valence-electron chi connectivity index (χ2n) is 4.24. The predicted octanol–water partition coefficient (Wildman–Crippen LogP) is 1.93. The van der Waals surface area contributed by atoms with E-state index in [4.69, 9.17) is 0 Å². The number of carbonyl (C=O) groups is 1. The van der Waals surface area contributed by atoms with Crippen LogP contribution in [-0.2, 0) is 7.05 Å². The summed E-state index contributed by atoms with van der Waals surface area (Å²) in [6, 6.07) is 7.73. The van der Waals surface area contributed by atoms with Crippen molar-refractivity contribution in [3.63, 3.8) is 0 Å². The van der Waals surface area contributed by atoms with Crippen LogP contribution in [0.4, 0.5) is 4.39 Å². The quantitative estimate of drug-likeness (QED) is 0.813. The van der Waals surface area contributed by atoms with Gasteiger partial charge in [-0.3, -0.25) is 9.48 Å². The fourth-order valence-corrected chi connectivity index (χ4v) is 1.66. The van der Waals surface area contributed by atoms with Gasteiger partial charge in [0.25, 0.3) is 5.91 Å². The van der Waals surface area contributed by atoms with Gasteiger partial charge in [0.15, 0.2) is 0 Å². The summed E-state index contributed by atoms with van der Waals surface area (Å²) in [6.07, 6.45) is 0. The predicted molar refractivity (Wildman–Crippen MR) is 66.6 cm³/mol. The van der Waals surface area contributed by atoms with Crippen molar-refractivity contribution in [2.75, 3.05) is 14.1 Å². The molecule has 0 saturated heterocycles. The Labute approximate surface area is 105 Å². The van der Waals surface area contributed by atoms with E-state index in [1.807, 2.05) is 0 Å². The third kappa shape index (κ3) is 2.25. The fraction of sp³-hybridized carbons (Fsp3) is 0.231. The minimum absolute atomic E-state index is 0.113. The molecule has 1 aromatic heterocycles. The zero-order chi connectivity index (χ0) is 13.3. The lowest BCUT2D eigenvalue weighted by Crippen LogP contribution is -2.24. The summed E-state index contributed by atoms with van der Waals surface area (Å²) in [6.45, 7) is 0. The van der Waals surface area contributed by atoms with E-state index in [9.17, 15) is 9.18 Å². The van der Waals surface area contributed by atoms with Crippen LogP contribution < -0.4 is 0 Å². The van der Waals surface area contributed by atoms with Gasteiger partial charge >= 0.3 is 0 Å². The van der Waals surface area contributed by atoms with E-state index in [0.29, 0.717) is 11.4 Å². The number of hydrogen-bond donors (Lipinski definition) is 0. The van der Waals surface area contributed by atoms with Crippen molar-refractivity contribution < 1.29 is 9.18 Å². The van der Waals surface area contributed by atoms with E-state index in [1.54, 1.807) is 39.3 Å². The lowest BCUT2D eigenvalue weighted by atomic mass is 10.1. The maximum absolute atomic E-state index is 12.8. The average Bonchev–Trinajstić information content (AvgIpc) is 2.71. The highest BCUT2D eigenvalue weighted by molar-refractivity contribution is 5.93. The molecule has 0 fully saturated rings. The van der Waals surface area contributed by atoms with E-state index in [0.717, 1.165) is 5.56 Å². The van der Waals surface area contributed by atoms with E-state index < -0.39 is 0 Å². The number of benzene rings is 1. The number of hydrogen-bond acceptors (Lipinski definition) is 2. The van der Waals surface area contributed by atoms with Gasteiger partial charge in [0, 0.05) is 26.7 Å². The molecule has 5 heteroatoms. The molecule has 94 valence electrons. The highest BCUT2D eigenvalue weighted by Gasteiger charge is 2.15. The van der Waals surface area contributed by atoms with Gasteiger partial charge in [-0.1, -0.05) is 0 Å². The molecule has 0 spiro atoms. The minimum atomic E-state index is -0.292. The first-order valence-corrected chi connectivity index (χ1v) is 5.50. The molecule has 4 nitrogen and oxygen atoms in total. The molecule has 0 aliphatic rings. The zero-order valence-corrected chi connectivity index (χ0v) is 10.5. The maximum Gasteiger partial charge on any atom is 0.271 e. The van der Waals surface area contributed by atoms with Crippen LogP contribution in [-0.4, -0.2) is 34.7 Å². The highest BCUT2D eigenvalue weighted by Crippen LogP contribution is 2.19. The van der Waals surface area contributed by atoms with E-state index in [1.165, 1.54) is 21.7 Å². The molecule has 18 heavy (non-hydrogen) atoms. The number of carbonyl (C=O) groups excluding carboxylic acids is 1. The molecule has 0 aliphatic heterocycles. The molecule has 2 aromatic rings. The molecule has 1 amide bonds. The molecule has 0 saturated carbocycles. The molecule has 0 bridgehead atoms. The Morgan fingerprint density at radius 2 is 1.89 bits per heavy atom. The lowest BCUT2D eigenvalue weighted by Gasteiger charge is -2.09. The molecule has 0 N–H and O–H groups in total. The Balaban J connectivity index is 2.40. The number of nitrogens with zero attached hydrogens (tertiary/aromatic N) is 3. The summed E-state index contributed by atoms with van der Waals surface area (Å²) in [5, 5.41) is 4.26. The normalized spacial score (nSPS) is 10.4. The Hall–Kier alpha value is -2.17. The molecule has 1 heterocycles. The third-order valence-corrected chi connectivity index (χ3v) is 2.65.